The third-order valence-corrected chi connectivity index (χ3v) is 13.9. The number of imide groups is 1. The fraction of sp³-hybridized carbons (Fsp3) is 0.321. The molecule has 6 heterocycles. The Bertz CT molecular complexity index is 3160. The summed E-state index contributed by atoms with van der Waals surface area (Å²) in [7, 11) is 1.65. The van der Waals surface area contributed by atoms with Crippen molar-refractivity contribution in [2.75, 3.05) is 54.8 Å². The Hall–Kier alpha value is -7.43. The first-order valence-corrected chi connectivity index (χ1v) is 23.7. The van der Waals surface area contributed by atoms with Gasteiger partial charge in [-0.05, 0) is 104 Å². The number of benzene rings is 3. The average Bonchev–Trinajstić information content (AvgIpc) is 4.17. The van der Waals surface area contributed by atoms with Crippen molar-refractivity contribution in [2.45, 2.75) is 63.5 Å². The monoisotopic (exact) mass is 931 g/mol. The van der Waals surface area contributed by atoms with Crippen LogP contribution in [-0.2, 0) is 23.2 Å². The number of aryl methyl sites for hydroxylation is 1. The van der Waals surface area contributed by atoms with Crippen molar-refractivity contribution in [3.63, 3.8) is 0 Å². The molecule has 4 N–H and O–H groups in total. The van der Waals surface area contributed by atoms with Crippen LogP contribution in [0, 0.1) is 5.82 Å². The zero-order chi connectivity index (χ0) is 47.9. The molecule has 3 aromatic carbocycles. The van der Waals surface area contributed by atoms with Crippen LogP contribution in [0.15, 0.2) is 108 Å². The number of carbonyl (C=O) groups is 3. The molecule has 1 saturated carbocycles. The van der Waals surface area contributed by atoms with Gasteiger partial charge in [-0.1, -0.05) is 43.3 Å². The number of carbonyl (C=O) groups excluding carboxylic acids is 3. The number of piperidine rings is 1. The van der Waals surface area contributed by atoms with E-state index in [0.29, 0.717) is 62.9 Å². The lowest BCUT2D eigenvalue weighted by atomic mass is 9.98. The van der Waals surface area contributed by atoms with Gasteiger partial charge in [0, 0.05) is 86.7 Å². The van der Waals surface area contributed by atoms with Crippen LogP contribution < -0.4 is 32.0 Å². The molecule has 0 radical (unpaired) electrons. The van der Waals surface area contributed by atoms with Crippen LogP contribution >= 0.6 is 0 Å². The molecule has 354 valence electrons. The lowest BCUT2D eigenvalue weighted by molar-refractivity contribution is -0.136. The molecule has 3 aliphatic heterocycles. The number of hydrogen-bond acceptors (Lipinski definition) is 11. The van der Waals surface area contributed by atoms with Crippen molar-refractivity contribution in [1.82, 2.24) is 29.2 Å². The molecule has 2 saturated heterocycles. The standard InChI is InChI=1S/C53H54FN9O6/c1-32-38-8-6-10-42(49(38)53(69)63(32)45-15-17-47(65)58-50(45)66)55-19-4-3-5-20-60-22-24-61(25-23-60)37-14-16-46(56-29-37)57-43-28-36(30-59(2)51(43)67)39-9-7-11-44(40(39)31-64)62-21-18-34-26-35(33-12-13-33)27-41(54)48(34)52(62)68/h6-11,14,16,18,21,26-30,33,45,55,64H,1,3-5,12-13,15,17,19-20,22-25,31H2,2H3,(H,56,57)(H,58,65,66). The van der Waals surface area contributed by atoms with Crippen molar-refractivity contribution in [1.29, 1.82) is 0 Å². The molecule has 4 aliphatic rings. The molecule has 1 unspecified atom stereocenters. The molecule has 16 heteroatoms. The van der Waals surface area contributed by atoms with Gasteiger partial charge in [-0.3, -0.25) is 43.7 Å². The third-order valence-electron chi connectivity index (χ3n) is 13.9. The summed E-state index contributed by atoms with van der Waals surface area (Å²) in [6.07, 6.45) is 10.6. The average molecular weight is 932 g/mol. The topological polar surface area (TPSA) is 174 Å². The highest BCUT2D eigenvalue weighted by Crippen LogP contribution is 2.42. The first-order chi connectivity index (χ1) is 33.5. The Labute approximate surface area is 397 Å². The summed E-state index contributed by atoms with van der Waals surface area (Å²) in [5.74, 6) is -0.791. The molecule has 15 nitrogen and oxygen atoms in total. The first kappa shape index (κ1) is 45.4. The van der Waals surface area contributed by atoms with Crippen molar-refractivity contribution in [3.8, 4) is 16.8 Å². The number of aliphatic hydroxyl groups excluding tert-OH is 1. The van der Waals surface area contributed by atoms with Crippen LogP contribution in [0.2, 0.25) is 0 Å². The van der Waals surface area contributed by atoms with Gasteiger partial charge in [0.1, 0.15) is 23.4 Å². The van der Waals surface area contributed by atoms with E-state index in [-0.39, 0.29) is 41.3 Å². The number of rotatable bonds is 15. The fourth-order valence-electron chi connectivity index (χ4n) is 10.1. The first-order valence-electron chi connectivity index (χ1n) is 23.7. The zero-order valence-corrected chi connectivity index (χ0v) is 38.5. The quantitative estimate of drug-likeness (QED) is 0.0643. The molecular weight excluding hydrogens is 878 g/mol. The Balaban J connectivity index is 0.721. The highest BCUT2D eigenvalue weighted by molar-refractivity contribution is 6.15. The molecule has 69 heavy (non-hydrogen) atoms. The van der Waals surface area contributed by atoms with E-state index >= 15 is 4.39 Å². The lowest BCUT2D eigenvalue weighted by Gasteiger charge is -2.36. The smallest absolute Gasteiger partial charge is 0.274 e. The van der Waals surface area contributed by atoms with Gasteiger partial charge in [0.25, 0.3) is 17.0 Å². The zero-order valence-electron chi connectivity index (χ0n) is 38.5. The number of anilines is 4. The molecule has 3 amide bonds. The maximum atomic E-state index is 15.4. The SMILES string of the molecule is C=C1c2cccc(NCCCCCN3CCN(c4ccc(Nc5cc(-c6cccc(-n7ccc8cc(C9CC9)cc(F)c8c7=O)c6CO)cn(C)c5=O)nc4)CC3)c2C(=O)N1C1CCC(=O)NC1=O. The molecule has 3 fully saturated rings. The molecule has 10 rings (SSSR count). The number of fused-ring (bicyclic) bond motifs is 2. The van der Waals surface area contributed by atoms with Crippen LogP contribution in [0.3, 0.4) is 0 Å². The van der Waals surface area contributed by atoms with Crippen LogP contribution in [0.5, 0.6) is 0 Å². The summed E-state index contributed by atoms with van der Waals surface area (Å²) >= 11 is 0. The van der Waals surface area contributed by atoms with Crippen LogP contribution in [0.4, 0.5) is 27.3 Å². The van der Waals surface area contributed by atoms with Crippen LogP contribution in [0.1, 0.15) is 77.9 Å². The highest BCUT2D eigenvalue weighted by atomic mass is 19.1. The van der Waals surface area contributed by atoms with Gasteiger partial charge >= 0.3 is 0 Å². The minimum atomic E-state index is -0.755. The second-order valence-electron chi connectivity index (χ2n) is 18.4. The summed E-state index contributed by atoms with van der Waals surface area (Å²) in [5.41, 5.74) is 5.93. The number of nitrogens with zero attached hydrogens (tertiary/aromatic N) is 6. The number of nitrogens with one attached hydrogen (secondary N) is 3. The van der Waals surface area contributed by atoms with Gasteiger partial charge in [0.2, 0.25) is 11.8 Å². The molecule has 0 bridgehead atoms. The normalized spacial score (nSPS) is 17.4. The van der Waals surface area contributed by atoms with E-state index in [1.807, 2.05) is 48.7 Å². The number of amides is 3. The number of piperazine rings is 1. The van der Waals surface area contributed by atoms with E-state index in [1.165, 1.54) is 20.1 Å². The van der Waals surface area contributed by atoms with E-state index in [4.69, 9.17) is 0 Å². The molecule has 0 spiro atoms. The van der Waals surface area contributed by atoms with Gasteiger partial charge < -0.3 is 25.2 Å². The highest BCUT2D eigenvalue weighted by Gasteiger charge is 2.42. The van der Waals surface area contributed by atoms with Crippen molar-refractivity contribution in [2.24, 2.45) is 7.05 Å². The Kier molecular flexibility index (Phi) is 12.4. The molecular formula is C53H54FN9O6. The van der Waals surface area contributed by atoms with Gasteiger partial charge in [-0.15, -0.1) is 0 Å². The van der Waals surface area contributed by atoms with Gasteiger partial charge in [0.15, 0.2) is 0 Å². The number of unbranched alkanes of at least 4 members (excludes halogenated alkanes) is 2. The number of aromatic nitrogens is 3. The summed E-state index contributed by atoms with van der Waals surface area (Å²) < 4.78 is 18.2. The van der Waals surface area contributed by atoms with E-state index in [2.05, 4.69) is 37.3 Å². The van der Waals surface area contributed by atoms with E-state index in [0.717, 1.165) is 81.8 Å². The largest absolute Gasteiger partial charge is 0.392 e. The minimum Gasteiger partial charge on any atom is -0.392 e. The number of hydrogen-bond donors (Lipinski definition) is 4. The maximum absolute atomic E-state index is 15.4. The lowest BCUT2D eigenvalue weighted by Crippen LogP contribution is -2.52. The van der Waals surface area contributed by atoms with Crippen molar-refractivity contribution in [3.05, 3.63) is 147 Å². The molecule has 3 aromatic heterocycles. The number of pyridine rings is 3. The van der Waals surface area contributed by atoms with Crippen molar-refractivity contribution >= 4 is 57.1 Å². The Morgan fingerprint density at radius 2 is 1.67 bits per heavy atom. The van der Waals surface area contributed by atoms with Gasteiger partial charge in [-0.2, -0.15) is 0 Å². The van der Waals surface area contributed by atoms with E-state index < -0.39 is 29.9 Å². The third kappa shape index (κ3) is 8.93. The predicted octanol–water partition coefficient (Wildman–Crippen LogP) is 6.64. The molecule has 1 atom stereocenters. The predicted molar refractivity (Wildman–Crippen MR) is 264 cm³/mol. The Morgan fingerprint density at radius 1 is 0.870 bits per heavy atom. The summed E-state index contributed by atoms with van der Waals surface area (Å²) in [6.45, 7) is 8.91. The van der Waals surface area contributed by atoms with E-state index in [9.17, 15) is 29.1 Å². The fourth-order valence-corrected chi connectivity index (χ4v) is 10.1. The minimum absolute atomic E-state index is 0.00465. The van der Waals surface area contributed by atoms with E-state index in [1.54, 1.807) is 43.7 Å². The Morgan fingerprint density at radius 3 is 2.42 bits per heavy atom. The summed E-state index contributed by atoms with van der Waals surface area (Å²) in [4.78, 5) is 75.9. The summed E-state index contributed by atoms with van der Waals surface area (Å²) in [6, 6.07) is 20.8. The maximum Gasteiger partial charge on any atom is 0.274 e. The van der Waals surface area contributed by atoms with Crippen molar-refractivity contribution < 1.29 is 23.9 Å². The number of aliphatic hydroxyl groups is 1. The summed E-state index contributed by atoms with van der Waals surface area (Å²) in [5, 5.41) is 20.3. The second-order valence-corrected chi connectivity index (χ2v) is 18.4. The molecule has 1 aliphatic carbocycles. The van der Waals surface area contributed by atoms with Crippen LogP contribution in [-0.4, -0.2) is 92.1 Å². The second kappa shape index (κ2) is 18.9. The van der Waals surface area contributed by atoms with Gasteiger partial charge in [0.05, 0.1) is 35.1 Å². The van der Waals surface area contributed by atoms with Gasteiger partial charge in [-0.25, -0.2) is 9.37 Å². The molecule has 6 aromatic rings. The van der Waals surface area contributed by atoms with Crippen LogP contribution in [0.25, 0.3) is 33.3 Å². The number of halogens is 1.